The maximum atomic E-state index is 11.7. The lowest BCUT2D eigenvalue weighted by molar-refractivity contribution is -0.144. The van der Waals surface area contributed by atoms with E-state index in [0.29, 0.717) is 13.0 Å². The molecule has 1 aromatic carbocycles. The number of carboxylic acids is 1. The van der Waals surface area contributed by atoms with Gasteiger partial charge in [-0.05, 0) is 25.8 Å². The molecule has 1 aromatic rings. The van der Waals surface area contributed by atoms with Gasteiger partial charge in [0.2, 0.25) is 5.91 Å². The smallest absolute Gasteiger partial charge is 0.323 e. The van der Waals surface area contributed by atoms with E-state index in [0.717, 1.165) is 5.56 Å². The van der Waals surface area contributed by atoms with Crippen LogP contribution >= 0.6 is 0 Å². The Morgan fingerprint density at radius 1 is 1.25 bits per heavy atom. The van der Waals surface area contributed by atoms with Gasteiger partial charge < -0.3 is 10.4 Å². The molecule has 1 atom stereocenters. The van der Waals surface area contributed by atoms with Gasteiger partial charge in [-0.25, -0.2) is 0 Å². The first kappa shape index (κ1) is 16.2. The topological polar surface area (TPSA) is 78.4 Å². The van der Waals surface area contributed by atoms with Crippen LogP contribution in [0.3, 0.4) is 0 Å². The molecule has 0 saturated carbocycles. The van der Waals surface area contributed by atoms with Crippen LogP contribution in [0.1, 0.15) is 31.4 Å². The fourth-order valence-corrected chi connectivity index (χ4v) is 1.60. The van der Waals surface area contributed by atoms with E-state index < -0.39 is 11.5 Å². The monoisotopic (exact) mass is 278 g/mol. The van der Waals surface area contributed by atoms with E-state index in [2.05, 4.69) is 10.6 Å². The van der Waals surface area contributed by atoms with Crippen molar-refractivity contribution >= 4 is 11.9 Å². The quantitative estimate of drug-likeness (QED) is 0.705. The van der Waals surface area contributed by atoms with Crippen LogP contribution < -0.4 is 10.6 Å². The SMILES string of the molecule is CCC(C)(NCC(=O)NCc1ccc(C)cc1)C(=O)O. The molecule has 110 valence electrons. The lowest BCUT2D eigenvalue weighted by Crippen LogP contribution is -2.52. The number of amides is 1. The largest absolute Gasteiger partial charge is 0.480 e. The molecule has 0 aliphatic carbocycles. The van der Waals surface area contributed by atoms with Crippen molar-refractivity contribution in [2.75, 3.05) is 6.54 Å². The zero-order valence-corrected chi connectivity index (χ0v) is 12.2. The molecular formula is C15H22N2O3. The van der Waals surface area contributed by atoms with E-state index in [-0.39, 0.29) is 12.5 Å². The Balaban J connectivity index is 2.41. The van der Waals surface area contributed by atoms with Crippen molar-refractivity contribution in [1.29, 1.82) is 0 Å². The fourth-order valence-electron chi connectivity index (χ4n) is 1.60. The second-order valence-electron chi connectivity index (χ2n) is 5.11. The fraction of sp³-hybridized carbons (Fsp3) is 0.467. The lowest BCUT2D eigenvalue weighted by Gasteiger charge is -2.24. The number of rotatable bonds is 7. The molecule has 3 N–H and O–H groups in total. The predicted octanol–water partition coefficient (Wildman–Crippen LogP) is 1.45. The highest BCUT2D eigenvalue weighted by Gasteiger charge is 2.30. The van der Waals surface area contributed by atoms with Crippen LogP contribution in [0.5, 0.6) is 0 Å². The molecule has 0 heterocycles. The zero-order valence-electron chi connectivity index (χ0n) is 12.2. The first-order valence-electron chi connectivity index (χ1n) is 6.68. The van der Waals surface area contributed by atoms with Crippen molar-refractivity contribution in [1.82, 2.24) is 10.6 Å². The Morgan fingerprint density at radius 3 is 2.35 bits per heavy atom. The van der Waals surface area contributed by atoms with Gasteiger partial charge in [-0.2, -0.15) is 0 Å². The summed E-state index contributed by atoms with van der Waals surface area (Å²) >= 11 is 0. The number of benzene rings is 1. The van der Waals surface area contributed by atoms with Crippen molar-refractivity contribution < 1.29 is 14.7 Å². The first-order valence-corrected chi connectivity index (χ1v) is 6.68. The van der Waals surface area contributed by atoms with E-state index in [1.165, 1.54) is 5.56 Å². The molecule has 0 aromatic heterocycles. The van der Waals surface area contributed by atoms with Gasteiger partial charge in [0.25, 0.3) is 0 Å². The van der Waals surface area contributed by atoms with E-state index in [1.807, 2.05) is 31.2 Å². The second-order valence-corrected chi connectivity index (χ2v) is 5.11. The molecule has 20 heavy (non-hydrogen) atoms. The number of hydrogen-bond acceptors (Lipinski definition) is 3. The summed E-state index contributed by atoms with van der Waals surface area (Å²) in [4.78, 5) is 22.8. The lowest BCUT2D eigenvalue weighted by atomic mass is 9.99. The first-order chi connectivity index (χ1) is 9.37. The molecule has 1 rings (SSSR count). The third-order valence-corrected chi connectivity index (χ3v) is 3.43. The standard InChI is InChI=1S/C15H22N2O3/c1-4-15(3,14(19)20)17-10-13(18)16-9-12-7-5-11(2)6-8-12/h5-8,17H,4,9-10H2,1-3H3,(H,16,18)(H,19,20). The van der Waals surface area contributed by atoms with Crippen molar-refractivity contribution in [3.63, 3.8) is 0 Å². The van der Waals surface area contributed by atoms with E-state index in [9.17, 15) is 9.59 Å². The third kappa shape index (κ3) is 4.66. The molecule has 0 bridgehead atoms. The maximum absolute atomic E-state index is 11.7. The minimum absolute atomic E-state index is 0.0114. The van der Waals surface area contributed by atoms with Crippen LogP contribution in [-0.2, 0) is 16.1 Å². The number of nitrogens with one attached hydrogen (secondary N) is 2. The highest BCUT2D eigenvalue weighted by molar-refractivity contribution is 5.81. The molecule has 1 unspecified atom stereocenters. The summed E-state index contributed by atoms with van der Waals surface area (Å²) in [6.07, 6.45) is 0.410. The summed E-state index contributed by atoms with van der Waals surface area (Å²) in [5.74, 6) is -1.17. The zero-order chi connectivity index (χ0) is 15.2. The van der Waals surface area contributed by atoms with Gasteiger partial charge in [0.05, 0.1) is 6.54 Å². The van der Waals surface area contributed by atoms with Crippen molar-refractivity contribution in [2.45, 2.75) is 39.3 Å². The van der Waals surface area contributed by atoms with Crippen molar-refractivity contribution in [3.05, 3.63) is 35.4 Å². The highest BCUT2D eigenvalue weighted by atomic mass is 16.4. The van der Waals surface area contributed by atoms with Gasteiger partial charge >= 0.3 is 5.97 Å². The van der Waals surface area contributed by atoms with Gasteiger partial charge in [0.15, 0.2) is 0 Å². The average Bonchev–Trinajstić information content (AvgIpc) is 2.43. The Morgan fingerprint density at radius 2 is 1.85 bits per heavy atom. The van der Waals surface area contributed by atoms with Gasteiger partial charge in [0, 0.05) is 6.54 Å². The second kappa shape index (κ2) is 7.05. The van der Waals surface area contributed by atoms with Crippen LogP contribution in [0.4, 0.5) is 0 Å². The highest BCUT2D eigenvalue weighted by Crippen LogP contribution is 2.08. The summed E-state index contributed by atoms with van der Waals surface area (Å²) in [5, 5.41) is 14.6. The number of hydrogen-bond donors (Lipinski definition) is 3. The average molecular weight is 278 g/mol. The van der Waals surface area contributed by atoms with Crippen molar-refractivity contribution in [3.8, 4) is 0 Å². The summed E-state index contributed by atoms with van der Waals surface area (Å²) in [6, 6.07) is 7.88. The summed E-state index contributed by atoms with van der Waals surface area (Å²) < 4.78 is 0. The van der Waals surface area contributed by atoms with Gasteiger partial charge in [-0.1, -0.05) is 36.8 Å². The number of carbonyl (C=O) groups is 2. The molecule has 5 nitrogen and oxygen atoms in total. The summed E-state index contributed by atoms with van der Waals surface area (Å²) in [7, 11) is 0. The van der Waals surface area contributed by atoms with Crippen LogP contribution in [0.25, 0.3) is 0 Å². The van der Waals surface area contributed by atoms with Crippen LogP contribution in [0.2, 0.25) is 0 Å². The van der Waals surface area contributed by atoms with E-state index >= 15 is 0 Å². The number of aliphatic carboxylic acids is 1. The molecule has 1 amide bonds. The molecule has 5 heteroatoms. The minimum atomic E-state index is -1.07. The van der Waals surface area contributed by atoms with Crippen molar-refractivity contribution in [2.24, 2.45) is 0 Å². The predicted molar refractivity (Wildman–Crippen MR) is 77.4 cm³/mol. The molecule has 0 fully saturated rings. The van der Waals surface area contributed by atoms with E-state index in [4.69, 9.17) is 5.11 Å². The maximum Gasteiger partial charge on any atom is 0.323 e. The Hall–Kier alpha value is -1.88. The van der Waals surface area contributed by atoms with Gasteiger partial charge in [0.1, 0.15) is 5.54 Å². The molecule has 0 aliphatic heterocycles. The molecule has 0 radical (unpaired) electrons. The molecule has 0 saturated heterocycles. The van der Waals surface area contributed by atoms with Crippen LogP contribution in [0.15, 0.2) is 24.3 Å². The van der Waals surface area contributed by atoms with Gasteiger partial charge in [-0.3, -0.25) is 14.9 Å². The number of aryl methyl sites for hydroxylation is 1. The molecular weight excluding hydrogens is 256 g/mol. The third-order valence-electron chi connectivity index (χ3n) is 3.43. The molecule has 0 spiro atoms. The van der Waals surface area contributed by atoms with Crippen LogP contribution in [-0.4, -0.2) is 29.1 Å². The summed E-state index contributed by atoms with van der Waals surface area (Å²) in [5.41, 5.74) is 1.11. The number of carboxylic acid groups (broad SMARTS) is 1. The van der Waals surface area contributed by atoms with Crippen LogP contribution in [0, 0.1) is 6.92 Å². The van der Waals surface area contributed by atoms with E-state index in [1.54, 1.807) is 13.8 Å². The Kier molecular flexibility index (Phi) is 5.70. The Labute approximate surface area is 119 Å². The molecule has 0 aliphatic rings. The summed E-state index contributed by atoms with van der Waals surface area (Å²) in [6.45, 7) is 5.77. The minimum Gasteiger partial charge on any atom is -0.480 e. The Bertz CT molecular complexity index is 471. The van der Waals surface area contributed by atoms with Gasteiger partial charge in [-0.15, -0.1) is 0 Å². The number of carbonyl (C=O) groups excluding carboxylic acids is 1. The normalized spacial score (nSPS) is 13.6.